The van der Waals surface area contributed by atoms with Crippen LogP contribution in [0, 0.1) is 0 Å². The van der Waals surface area contributed by atoms with E-state index in [1.165, 1.54) is 17.7 Å². The molecule has 2 aromatic carbocycles. The third-order valence-electron chi connectivity index (χ3n) is 6.75. The fraction of sp³-hybridized carbons (Fsp3) is 0.485. The van der Waals surface area contributed by atoms with E-state index in [2.05, 4.69) is 23.7 Å². The molecule has 2 rings (SSSR count). The van der Waals surface area contributed by atoms with Crippen molar-refractivity contribution < 1.29 is 22.2 Å². The van der Waals surface area contributed by atoms with E-state index in [9.17, 15) is 17.4 Å². The molecule has 0 bridgehead atoms. The molecule has 0 aliphatic heterocycles. The summed E-state index contributed by atoms with van der Waals surface area (Å²) in [4.78, 5) is 13.2. The minimum Gasteiger partial charge on any atom is -0.461 e. The Morgan fingerprint density at radius 3 is 1.90 bits per heavy atom. The topological polar surface area (TPSA) is 89.9 Å². The number of ether oxygens (including phenoxy) is 1. The van der Waals surface area contributed by atoms with Gasteiger partial charge in [0.25, 0.3) is 10.0 Å². The maximum Gasteiger partial charge on any atom is 0.320 e. The molecule has 0 amide bonds. The summed E-state index contributed by atoms with van der Waals surface area (Å²) in [5.74, 6) is -1.47. The average molecular weight is 602 g/mol. The Labute approximate surface area is 248 Å². The molecule has 1 unspecified atom stereocenters. The summed E-state index contributed by atoms with van der Waals surface area (Å²) < 4.78 is 51.9. The average Bonchev–Trinajstić information content (AvgIpc) is 2.87. The molecule has 0 heterocycles. The van der Waals surface area contributed by atoms with Gasteiger partial charge in [0, 0.05) is 4.90 Å². The molecule has 0 saturated carbocycles. The quantitative estimate of drug-likeness (QED) is 0.170. The van der Waals surface area contributed by atoms with Crippen LogP contribution >= 0.6 is 0 Å². The molecule has 0 radical (unpaired) electrons. The molecular formula is C33H47NO5S2. The molecule has 0 spiro atoms. The summed E-state index contributed by atoms with van der Waals surface area (Å²) in [5, 5.41) is 0. The van der Waals surface area contributed by atoms with Crippen molar-refractivity contribution in [3.63, 3.8) is 0 Å². The predicted molar refractivity (Wildman–Crippen MR) is 169 cm³/mol. The lowest BCUT2D eigenvalue weighted by Gasteiger charge is -2.22. The number of benzene rings is 2. The van der Waals surface area contributed by atoms with Crippen LogP contribution in [0.4, 0.5) is 0 Å². The maximum atomic E-state index is 14.4. The van der Waals surface area contributed by atoms with Gasteiger partial charge >= 0.3 is 5.97 Å². The van der Waals surface area contributed by atoms with Crippen molar-refractivity contribution in [3.05, 3.63) is 82.5 Å². The van der Waals surface area contributed by atoms with Gasteiger partial charge in [-0.3, -0.25) is 4.79 Å². The third-order valence-corrected chi connectivity index (χ3v) is 11.1. The van der Waals surface area contributed by atoms with Gasteiger partial charge in [-0.25, -0.2) is 4.21 Å². The molecule has 226 valence electrons. The fourth-order valence-corrected chi connectivity index (χ4v) is 8.80. The van der Waals surface area contributed by atoms with Crippen molar-refractivity contribution in [2.75, 3.05) is 12.4 Å². The monoisotopic (exact) mass is 601 g/mol. The van der Waals surface area contributed by atoms with E-state index < -0.39 is 31.5 Å². The van der Waals surface area contributed by atoms with Crippen LogP contribution in [0.15, 0.2) is 79.3 Å². The first-order valence-corrected chi connectivity index (χ1v) is 17.4. The molecule has 0 aromatic heterocycles. The Bertz CT molecular complexity index is 1460. The molecule has 8 heteroatoms. The van der Waals surface area contributed by atoms with E-state index in [0.29, 0.717) is 11.1 Å². The van der Waals surface area contributed by atoms with Crippen molar-refractivity contribution in [3.8, 4) is 0 Å². The number of sulfonamides is 1. The third kappa shape index (κ3) is 9.96. The Kier molecular flexibility index (Phi) is 12.6. The highest BCUT2D eigenvalue weighted by atomic mass is 32.3. The number of esters is 1. The second-order valence-corrected chi connectivity index (χ2v) is 15.7. The fourth-order valence-electron chi connectivity index (χ4n) is 4.34. The van der Waals surface area contributed by atoms with Crippen molar-refractivity contribution in [2.45, 2.75) is 103 Å². The molecule has 0 saturated heterocycles. The zero-order valence-corrected chi connectivity index (χ0v) is 27.7. The molecule has 0 N–H and O–H groups in total. The van der Waals surface area contributed by atoms with E-state index in [0.717, 1.165) is 24.0 Å². The van der Waals surface area contributed by atoms with E-state index in [-0.39, 0.29) is 34.2 Å². The molecular weight excluding hydrogens is 554 g/mol. The highest BCUT2D eigenvalue weighted by Gasteiger charge is 2.30. The summed E-state index contributed by atoms with van der Waals surface area (Å²) in [6.07, 6.45) is 5.69. The summed E-state index contributed by atoms with van der Waals surface area (Å²) >= 11 is 0. The SMILES string of the molecule is CC(C)=CCC/C(C)=C/COC(=O)CS(=O)(=NS(=O)(=O)c1c(C(C)C)cc(C(C)C)cc1C(C)C)c1ccccc1. The lowest BCUT2D eigenvalue weighted by atomic mass is 9.89. The number of carbonyl (C=O) groups is 1. The minimum atomic E-state index is -4.43. The standard InChI is InChI=1S/C33H47NO5S2/c1-23(2)14-13-15-27(9)18-19-39-32(35)22-40(36,29-16-11-10-12-17-29)34-41(37,38)33-30(25(5)6)20-28(24(3)4)21-31(33)26(7)8/h10-12,14,16-18,20-21,24-26H,13,15,19,22H2,1-9H3/b27-18+. The summed E-state index contributed by atoms with van der Waals surface area (Å²) in [6, 6.07) is 11.9. The van der Waals surface area contributed by atoms with Crippen molar-refractivity contribution >= 4 is 25.7 Å². The Hall–Kier alpha value is -2.71. The van der Waals surface area contributed by atoms with Gasteiger partial charge in [-0.15, -0.1) is 3.77 Å². The van der Waals surface area contributed by atoms with Crippen LogP contribution in [-0.2, 0) is 29.3 Å². The molecule has 0 aliphatic rings. The normalized spacial score (nSPS) is 13.8. The molecule has 0 fully saturated rings. The number of allylic oxidation sites excluding steroid dienone is 3. The van der Waals surface area contributed by atoms with Crippen LogP contribution in [0.3, 0.4) is 0 Å². The van der Waals surface area contributed by atoms with Gasteiger partial charge in [-0.2, -0.15) is 8.42 Å². The molecule has 41 heavy (non-hydrogen) atoms. The first kappa shape index (κ1) is 34.5. The number of carbonyl (C=O) groups excluding carboxylic acids is 1. The van der Waals surface area contributed by atoms with Gasteiger partial charge in [0.15, 0.2) is 0 Å². The van der Waals surface area contributed by atoms with Crippen LogP contribution < -0.4 is 0 Å². The first-order valence-electron chi connectivity index (χ1n) is 14.3. The number of hydrogen-bond donors (Lipinski definition) is 0. The van der Waals surface area contributed by atoms with Gasteiger partial charge < -0.3 is 4.74 Å². The molecule has 6 nitrogen and oxygen atoms in total. The minimum absolute atomic E-state index is 0.0161. The van der Waals surface area contributed by atoms with Crippen LogP contribution in [0.5, 0.6) is 0 Å². The number of hydrogen-bond acceptors (Lipinski definition) is 5. The molecule has 1 atom stereocenters. The van der Waals surface area contributed by atoms with E-state index in [1.807, 2.05) is 66.7 Å². The Morgan fingerprint density at radius 2 is 1.41 bits per heavy atom. The van der Waals surface area contributed by atoms with Crippen molar-refractivity contribution in [1.82, 2.24) is 0 Å². The Morgan fingerprint density at radius 1 is 0.854 bits per heavy atom. The summed E-state index contributed by atoms with van der Waals surface area (Å²) in [7, 11) is -8.16. The van der Waals surface area contributed by atoms with E-state index in [4.69, 9.17) is 4.74 Å². The van der Waals surface area contributed by atoms with E-state index in [1.54, 1.807) is 18.2 Å². The number of rotatable bonds is 13. The van der Waals surface area contributed by atoms with Gasteiger partial charge in [-0.1, -0.05) is 89.1 Å². The smallest absolute Gasteiger partial charge is 0.320 e. The maximum absolute atomic E-state index is 14.4. The van der Waals surface area contributed by atoms with Crippen LogP contribution in [0.25, 0.3) is 0 Å². The molecule has 2 aromatic rings. The zero-order valence-electron chi connectivity index (χ0n) is 26.1. The van der Waals surface area contributed by atoms with Crippen LogP contribution in [0.1, 0.15) is 110 Å². The first-order chi connectivity index (χ1) is 19.1. The largest absolute Gasteiger partial charge is 0.461 e. The van der Waals surface area contributed by atoms with Gasteiger partial charge in [0.05, 0.1) is 4.90 Å². The van der Waals surface area contributed by atoms with Gasteiger partial charge in [-0.05, 0) is 86.3 Å². The lowest BCUT2D eigenvalue weighted by Crippen LogP contribution is -2.21. The van der Waals surface area contributed by atoms with Gasteiger partial charge in [0.1, 0.15) is 22.1 Å². The molecule has 0 aliphatic carbocycles. The lowest BCUT2D eigenvalue weighted by molar-refractivity contribution is -0.139. The van der Waals surface area contributed by atoms with Crippen molar-refractivity contribution in [1.29, 1.82) is 0 Å². The zero-order chi connectivity index (χ0) is 31.0. The van der Waals surface area contributed by atoms with E-state index >= 15 is 0 Å². The summed E-state index contributed by atoms with van der Waals surface area (Å²) in [5.41, 5.74) is 4.62. The highest BCUT2D eigenvalue weighted by Crippen LogP contribution is 2.37. The van der Waals surface area contributed by atoms with Gasteiger partial charge in [0.2, 0.25) is 0 Å². The van der Waals surface area contributed by atoms with Crippen LogP contribution in [0.2, 0.25) is 0 Å². The van der Waals surface area contributed by atoms with Crippen LogP contribution in [-0.4, -0.2) is 31.0 Å². The second kappa shape index (κ2) is 15.0. The van der Waals surface area contributed by atoms with Crippen molar-refractivity contribution in [2.24, 2.45) is 3.77 Å². The number of nitrogens with zero attached hydrogens (tertiary/aromatic N) is 1. The highest BCUT2D eigenvalue weighted by molar-refractivity contribution is 8.03. The second-order valence-electron chi connectivity index (χ2n) is 11.7. The summed E-state index contributed by atoms with van der Waals surface area (Å²) in [6.45, 7) is 17.9. The Balaban J connectivity index is 2.57. The predicted octanol–water partition coefficient (Wildman–Crippen LogP) is 8.51.